The molecular weight excluding hydrogens is 387 g/mol. The van der Waals surface area contributed by atoms with E-state index in [4.69, 9.17) is 9.47 Å². The zero-order valence-electron chi connectivity index (χ0n) is 16.6. The Morgan fingerprint density at radius 2 is 2.00 bits per heavy atom. The molecule has 2 amide bonds. The van der Waals surface area contributed by atoms with Crippen LogP contribution in [0.5, 0.6) is 5.75 Å². The third-order valence-corrected chi connectivity index (χ3v) is 6.38. The third kappa shape index (κ3) is 3.63. The fraction of sp³-hybridized carbons (Fsp3) is 0.435. The van der Waals surface area contributed by atoms with Gasteiger partial charge in [-0.2, -0.15) is 0 Å². The highest BCUT2D eigenvalue weighted by molar-refractivity contribution is 5.90. The maximum atomic E-state index is 13.9. The van der Waals surface area contributed by atoms with Crippen molar-refractivity contribution in [2.45, 2.75) is 49.9 Å². The summed E-state index contributed by atoms with van der Waals surface area (Å²) in [5.41, 5.74) is 3.07. The van der Waals surface area contributed by atoms with Crippen molar-refractivity contribution in [2.24, 2.45) is 0 Å². The van der Waals surface area contributed by atoms with Gasteiger partial charge in [-0.15, -0.1) is 0 Å². The number of nitrogens with one attached hydrogen (secondary N) is 2. The topological polar surface area (TPSA) is 79.8 Å². The summed E-state index contributed by atoms with van der Waals surface area (Å²) in [7, 11) is 0. The lowest BCUT2D eigenvalue weighted by atomic mass is 9.82. The molecule has 1 spiro atoms. The van der Waals surface area contributed by atoms with E-state index in [1.165, 1.54) is 12.1 Å². The average molecular weight is 412 g/mol. The highest BCUT2D eigenvalue weighted by Gasteiger charge is 2.43. The molecule has 2 atom stereocenters. The zero-order chi connectivity index (χ0) is 20.7. The van der Waals surface area contributed by atoms with Crippen LogP contribution in [-0.2, 0) is 17.6 Å². The largest absolute Gasteiger partial charge is 0.487 e. The maximum absolute atomic E-state index is 13.9. The van der Waals surface area contributed by atoms with Crippen molar-refractivity contribution in [3.05, 3.63) is 58.9 Å². The van der Waals surface area contributed by atoms with Crippen LogP contribution in [0.1, 0.15) is 42.0 Å². The van der Waals surface area contributed by atoms with Crippen LogP contribution < -0.4 is 15.4 Å². The molecule has 158 valence electrons. The molecule has 2 aromatic carbocycles. The fourth-order valence-corrected chi connectivity index (χ4v) is 4.88. The van der Waals surface area contributed by atoms with Crippen molar-refractivity contribution in [1.29, 1.82) is 0 Å². The molecule has 2 aromatic rings. The molecule has 7 heteroatoms. The van der Waals surface area contributed by atoms with Crippen molar-refractivity contribution in [3.63, 3.8) is 0 Å². The number of hydrogen-bond acceptors (Lipinski definition) is 4. The quantitative estimate of drug-likeness (QED) is 0.706. The minimum atomic E-state index is -0.463. The van der Waals surface area contributed by atoms with Crippen molar-refractivity contribution < 1.29 is 23.8 Å². The van der Waals surface area contributed by atoms with Gasteiger partial charge in [0.1, 0.15) is 17.2 Å². The summed E-state index contributed by atoms with van der Waals surface area (Å²) < 4.78 is 25.6. The first-order valence-corrected chi connectivity index (χ1v) is 10.4. The number of anilines is 1. The molecule has 1 aliphatic carbocycles. The summed E-state index contributed by atoms with van der Waals surface area (Å²) in [4.78, 5) is 12.9. The van der Waals surface area contributed by atoms with Gasteiger partial charge >= 0.3 is 6.03 Å². The van der Waals surface area contributed by atoms with Crippen molar-refractivity contribution in [1.82, 2.24) is 5.32 Å². The highest BCUT2D eigenvalue weighted by atomic mass is 19.1. The van der Waals surface area contributed by atoms with Gasteiger partial charge in [0.15, 0.2) is 0 Å². The molecule has 0 aromatic heterocycles. The highest BCUT2D eigenvalue weighted by Crippen LogP contribution is 2.44. The van der Waals surface area contributed by atoms with Crippen LogP contribution >= 0.6 is 0 Å². The van der Waals surface area contributed by atoms with E-state index in [0.717, 1.165) is 16.7 Å². The second kappa shape index (κ2) is 7.56. The Morgan fingerprint density at radius 3 is 2.83 bits per heavy atom. The van der Waals surface area contributed by atoms with E-state index in [0.29, 0.717) is 56.8 Å². The molecule has 2 heterocycles. The second-order valence-electron chi connectivity index (χ2n) is 8.44. The Balaban J connectivity index is 1.37. The van der Waals surface area contributed by atoms with Crippen LogP contribution in [0.3, 0.4) is 0 Å². The number of aliphatic hydroxyl groups is 1. The molecular formula is C23H25FN2O4. The number of benzene rings is 2. The van der Waals surface area contributed by atoms with Crippen LogP contribution in [0.25, 0.3) is 0 Å². The van der Waals surface area contributed by atoms with E-state index < -0.39 is 11.7 Å². The van der Waals surface area contributed by atoms with Gasteiger partial charge in [0.2, 0.25) is 0 Å². The number of rotatable bonds is 2. The van der Waals surface area contributed by atoms with E-state index in [2.05, 4.69) is 10.6 Å². The monoisotopic (exact) mass is 412 g/mol. The molecule has 0 bridgehead atoms. The lowest BCUT2D eigenvalue weighted by Gasteiger charge is -2.44. The Kier molecular flexibility index (Phi) is 4.87. The first kappa shape index (κ1) is 19.3. The average Bonchev–Trinajstić information content (AvgIpc) is 3.09. The predicted octanol–water partition coefficient (Wildman–Crippen LogP) is 3.48. The van der Waals surface area contributed by atoms with Crippen LogP contribution in [0, 0.1) is 5.82 Å². The lowest BCUT2D eigenvalue weighted by molar-refractivity contribution is -0.0637. The van der Waals surface area contributed by atoms with E-state index in [9.17, 15) is 14.3 Å². The van der Waals surface area contributed by atoms with E-state index >= 15 is 0 Å². The minimum absolute atomic E-state index is 0.296. The molecule has 0 radical (unpaired) electrons. The molecule has 0 saturated carbocycles. The summed E-state index contributed by atoms with van der Waals surface area (Å²) in [6, 6.07) is 9.56. The second-order valence-corrected chi connectivity index (χ2v) is 8.44. The van der Waals surface area contributed by atoms with Gasteiger partial charge in [0.05, 0.1) is 25.4 Å². The van der Waals surface area contributed by atoms with Crippen LogP contribution in [0.4, 0.5) is 14.9 Å². The van der Waals surface area contributed by atoms with Crippen LogP contribution in [0.2, 0.25) is 0 Å². The standard InChI is InChI=1S/C23H25FN2O4/c24-15-4-5-17-20(13-23(30-21(17)11-15)6-8-29-9-7-23)26-22(28)25-19-3-1-2-14-10-16(27)12-18(14)19/h1-5,11,16,20,27H,6-10,12-13H2,(H2,25,26,28). The van der Waals surface area contributed by atoms with Crippen molar-refractivity contribution in [3.8, 4) is 5.75 Å². The Bertz CT molecular complexity index is 974. The van der Waals surface area contributed by atoms with Gasteiger partial charge in [-0.3, -0.25) is 0 Å². The summed E-state index contributed by atoms with van der Waals surface area (Å²) in [6.07, 6.45) is 2.74. The number of carbonyl (C=O) groups excluding carboxylic acids is 1. The minimum Gasteiger partial charge on any atom is -0.487 e. The molecule has 3 aliphatic rings. The number of hydrogen-bond donors (Lipinski definition) is 3. The van der Waals surface area contributed by atoms with E-state index in [-0.39, 0.29) is 17.9 Å². The molecule has 6 nitrogen and oxygen atoms in total. The zero-order valence-corrected chi connectivity index (χ0v) is 16.6. The van der Waals surface area contributed by atoms with Crippen molar-refractivity contribution >= 4 is 11.7 Å². The summed E-state index contributed by atoms with van der Waals surface area (Å²) in [5, 5.41) is 16.0. The Morgan fingerprint density at radius 1 is 1.17 bits per heavy atom. The van der Waals surface area contributed by atoms with E-state index in [1.54, 1.807) is 6.07 Å². The van der Waals surface area contributed by atoms with Crippen LogP contribution in [-0.4, -0.2) is 36.1 Å². The summed E-state index contributed by atoms with van der Waals surface area (Å²) in [5.74, 6) is 0.122. The molecule has 2 unspecified atom stereocenters. The van der Waals surface area contributed by atoms with Crippen molar-refractivity contribution in [2.75, 3.05) is 18.5 Å². The Hall–Kier alpha value is -2.64. The molecule has 1 saturated heterocycles. The van der Waals surface area contributed by atoms with Crippen LogP contribution in [0.15, 0.2) is 36.4 Å². The number of amides is 2. The molecule has 3 N–H and O–H groups in total. The smallest absolute Gasteiger partial charge is 0.319 e. The molecule has 1 fully saturated rings. The summed E-state index contributed by atoms with van der Waals surface area (Å²) in [6.45, 7) is 1.17. The lowest BCUT2D eigenvalue weighted by Crippen LogP contribution is -2.49. The summed E-state index contributed by atoms with van der Waals surface area (Å²) >= 11 is 0. The number of fused-ring (bicyclic) bond motifs is 2. The van der Waals surface area contributed by atoms with Gasteiger partial charge in [0, 0.05) is 43.0 Å². The third-order valence-electron chi connectivity index (χ3n) is 6.38. The van der Waals surface area contributed by atoms with Gasteiger partial charge < -0.3 is 25.2 Å². The first-order valence-electron chi connectivity index (χ1n) is 10.4. The normalized spacial score (nSPS) is 23.9. The van der Waals surface area contributed by atoms with Gasteiger partial charge in [-0.05, 0) is 29.7 Å². The SMILES string of the molecule is O=C(Nc1cccc2c1CC(O)C2)NC1CC2(CCOCC2)Oc2cc(F)ccc21. The number of urea groups is 1. The van der Waals surface area contributed by atoms with Gasteiger partial charge in [-0.25, -0.2) is 9.18 Å². The van der Waals surface area contributed by atoms with Gasteiger partial charge in [-0.1, -0.05) is 18.2 Å². The number of halogens is 1. The predicted molar refractivity (Wildman–Crippen MR) is 109 cm³/mol. The maximum Gasteiger partial charge on any atom is 0.319 e. The first-order chi connectivity index (χ1) is 14.5. The number of carbonyl (C=O) groups is 1. The van der Waals surface area contributed by atoms with E-state index in [1.807, 2.05) is 18.2 Å². The molecule has 2 aliphatic heterocycles. The molecule has 5 rings (SSSR count). The number of aliphatic hydroxyl groups excluding tert-OH is 1. The van der Waals surface area contributed by atoms with Gasteiger partial charge in [0.25, 0.3) is 0 Å². The molecule has 30 heavy (non-hydrogen) atoms. The Labute approximate surface area is 174 Å². The fourth-order valence-electron chi connectivity index (χ4n) is 4.88. The number of ether oxygens (including phenoxy) is 2.